The van der Waals surface area contributed by atoms with E-state index in [1.807, 2.05) is 6.20 Å². The molecule has 0 aliphatic heterocycles. The SMILES string of the molecule is CC(C)CNCC(C)CCc1ccnc2ccccc12. The molecule has 2 heteroatoms. The maximum atomic E-state index is 4.43. The number of rotatable bonds is 7. The molecular formula is C18H26N2. The van der Waals surface area contributed by atoms with Crippen LogP contribution in [-0.4, -0.2) is 18.1 Å². The second-order valence-corrected chi connectivity index (χ2v) is 6.18. The molecule has 1 N–H and O–H groups in total. The van der Waals surface area contributed by atoms with Gasteiger partial charge < -0.3 is 5.32 Å². The van der Waals surface area contributed by atoms with Crippen molar-refractivity contribution in [1.82, 2.24) is 10.3 Å². The van der Waals surface area contributed by atoms with Crippen molar-refractivity contribution in [2.75, 3.05) is 13.1 Å². The Morgan fingerprint density at radius 1 is 1.05 bits per heavy atom. The van der Waals surface area contributed by atoms with Crippen LogP contribution in [0, 0.1) is 11.8 Å². The van der Waals surface area contributed by atoms with Crippen molar-refractivity contribution in [1.29, 1.82) is 0 Å². The molecule has 2 rings (SSSR count). The van der Waals surface area contributed by atoms with E-state index in [1.54, 1.807) is 0 Å². The molecule has 2 aromatic rings. The zero-order chi connectivity index (χ0) is 14.4. The van der Waals surface area contributed by atoms with Crippen molar-refractivity contribution in [2.45, 2.75) is 33.6 Å². The lowest BCUT2D eigenvalue weighted by Crippen LogP contribution is -2.25. The first-order chi connectivity index (χ1) is 9.66. The van der Waals surface area contributed by atoms with Gasteiger partial charge in [-0.2, -0.15) is 0 Å². The molecule has 1 aromatic carbocycles. The Morgan fingerprint density at radius 3 is 2.65 bits per heavy atom. The third-order valence-corrected chi connectivity index (χ3v) is 3.69. The fourth-order valence-electron chi connectivity index (χ4n) is 2.50. The van der Waals surface area contributed by atoms with E-state index in [0.717, 1.165) is 30.9 Å². The van der Waals surface area contributed by atoms with Crippen LogP contribution in [0.1, 0.15) is 32.8 Å². The number of para-hydroxylation sites is 1. The zero-order valence-corrected chi connectivity index (χ0v) is 12.9. The Hall–Kier alpha value is -1.41. The summed E-state index contributed by atoms with van der Waals surface area (Å²) in [4.78, 5) is 4.43. The molecule has 1 atom stereocenters. The molecule has 20 heavy (non-hydrogen) atoms. The number of aromatic nitrogens is 1. The van der Waals surface area contributed by atoms with Crippen LogP contribution in [-0.2, 0) is 6.42 Å². The van der Waals surface area contributed by atoms with Crippen molar-refractivity contribution >= 4 is 10.9 Å². The highest BCUT2D eigenvalue weighted by Crippen LogP contribution is 2.19. The lowest BCUT2D eigenvalue weighted by molar-refractivity contribution is 0.454. The second-order valence-electron chi connectivity index (χ2n) is 6.18. The minimum absolute atomic E-state index is 0.709. The minimum Gasteiger partial charge on any atom is -0.316 e. The Balaban J connectivity index is 1.89. The third-order valence-electron chi connectivity index (χ3n) is 3.69. The molecule has 0 spiro atoms. The van der Waals surface area contributed by atoms with Crippen molar-refractivity contribution < 1.29 is 0 Å². The van der Waals surface area contributed by atoms with Crippen LogP contribution in [0.25, 0.3) is 10.9 Å². The average Bonchev–Trinajstić information content (AvgIpc) is 2.44. The topological polar surface area (TPSA) is 24.9 Å². The Kier molecular flexibility index (Phi) is 5.54. The van der Waals surface area contributed by atoms with Gasteiger partial charge in [0.2, 0.25) is 0 Å². The van der Waals surface area contributed by atoms with Crippen LogP contribution in [0.15, 0.2) is 36.5 Å². The molecule has 0 saturated heterocycles. The van der Waals surface area contributed by atoms with Crippen LogP contribution >= 0.6 is 0 Å². The van der Waals surface area contributed by atoms with Gasteiger partial charge in [0.25, 0.3) is 0 Å². The lowest BCUT2D eigenvalue weighted by atomic mass is 9.98. The smallest absolute Gasteiger partial charge is 0.0704 e. The number of nitrogens with one attached hydrogen (secondary N) is 1. The van der Waals surface area contributed by atoms with Crippen LogP contribution < -0.4 is 5.32 Å². The van der Waals surface area contributed by atoms with E-state index in [-0.39, 0.29) is 0 Å². The molecule has 1 aromatic heterocycles. The van der Waals surface area contributed by atoms with E-state index < -0.39 is 0 Å². The molecule has 1 unspecified atom stereocenters. The highest BCUT2D eigenvalue weighted by atomic mass is 14.9. The first-order valence-corrected chi connectivity index (χ1v) is 7.70. The van der Waals surface area contributed by atoms with E-state index >= 15 is 0 Å². The Bertz CT molecular complexity index is 528. The van der Waals surface area contributed by atoms with Crippen LogP contribution in [0.2, 0.25) is 0 Å². The molecule has 1 heterocycles. The largest absolute Gasteiger partial charge is 0.316 e. The number of nitrogens with zero attached hydrogens (tertiary/aromatic N) is 1. The fraction of sp³-hybridized carbons (Fsp3) is 0.500. The minimum atomic E-state index is 0.709. The molecule has 0 aliphatic rings. The summed E-state index contributed by atoms with van der Waals surface area (Å²) in [7, 11) is 0. The predicted molar refractivity (Wildman–Crippen MR) is 86.9 cm³/mol. The summed E-state index contributed by atoms with van der Waals surface area (Å²) in [6.07, 6.45) is 4.28. The summed E-state index contributed by atoms with van der Waals surface area (Å²) in [6, 6.07) is 10.6. The fourth-order valence-corrected chi connectivity index (χ4v) is 2.50. The van der Waals surface area contributed by atoms with E-state index in [1.165, 1.54) is 17.4 Å². The second kappa shape index (κ2) is 7.39. The Labute approximate surface area is 122 Å². The highest BCUT2D eigenvalue weighted by molar-refractivity contribution is 5.81. The zero-order valence-electron chi connectivity index (χ0n) is 12.9. The summed E-state index contributed by atoms with van der Waals surface area (Å²) in [5.41, 5.74) is 2.53. The predicted octanol–water partition coefficient (Wildman–Crippen LogP) is 4.05. The monoisotopic (exact) mass is 270 g/mol. The molecule has 0 saturated carbocycles. The van der Waals surface area contributed by atoms with Crippen molar-refractivity contribution in [2.24, 2.45) is 11.8 Å². The van der Waals surface area contributed by atoms with Crippen molar-refractivity contribution in [3.8, 4) is 0 Å². The maximum absolute atomic E-state index is 4.43. The molecule has 0 fully saturated rings. The summed E-state index contributed by atoms with van der Waals surface area (Å²) < 4.78 is 0. The normalized spacial score (nSPS) is 13.0. The van der Waals surface area contributed by atoms with Crippen molar-refractivity contribution in [3.05, 3.63) is 42.1 Å². The molecule has 0 amide bonds. The highest BCUT2D eigenvalue weighted by Gasteiger charge is 2.06. The molecule has 2 nitrogen and oxygen atoms in total. The van der Waals surface area contributed by atoms with Gasteiger partial charge in [0, 0.05) is 11.6 Å². The van der Waals surface area contributed by atoms with Gasteiger partial charge in [0.15, 0.2) is 0 Å². The van der Waals surface area contributed by atoms with Gasteiger partial charge in [0.1, 0.15) is 0 Å². The van der Waals surface area contributed by atoms with Crippen LogP contribution in [0.4, 0.5) is 0 Å². The quantitative estimate of drug-likeness (QED) is 0.821. The Morgan fingerprint density at radius 2 is 1.85 bits per heavy atom. The molecular weight excluding hydrogens is 244 g/mol. The van der Waals surface area contributed by atoms with E-state index in [4.69, 9.17) is 0 Å². The molecule has 0 radical (unpaired) electrons. The van der Waals surface area contributed by atoms with Crippen LogP contribution in [0.5, 0.6) is 0 Å². The molecule has 0 bridgehead atoms. The van der Waals surface area contributed by atoms with Gasteiger partial charge in [-0.1, -0.05) is 39.0 Å². The number of pyridine rings is 1. The summed E-state index contributed by atoms with van der Waals surface area (Å²) >= 11 is 0. The number of benzene rings is 1. The number of hydrogen-bond donors (Lipinski definition) is 1. The van der Waals surface area contributed by atoms with Crippen molar-refractivity contribution in [3.63, 3.8) is 0 Å². The summed E-state index contributed by atoms with van der Waals surface area (Å²) in [5, 5.41) is 4.85. The average molecular weight is 270 g/mol. The van der Waals surface area contributed by atoms with E-state index in [2.05, 4.69) is 61.4 Å². The van der Waals surface area contributed by atoms with Gasteiger partial charge >= 0.3 is 0 Å². The number of fused-ring (bicyclic) bond motifs is 1. The van der Waals surface area contributed by atoms with Gasteiger partial charge in [-0.05, 0) is 55.5 Å². The van der Waals surface area contributed by atoms with Gasteiger partial charge in [-0.15, -0.1) is 0 Å². The van der Waals surface area contributed by atoms with E-state index in [9.17, 15) is 0 Å². The molecule has 0 aliphatic carbocycles. The number of aryl methyl sites for hydroxylation is 1. The van der Waals surface area contributed by atoms with Gasteiger partial charge in [-0.25, -0.2) is 0 Å². The standard InChI is InChI=1S/C18H26N2/c1-14(2)12-19-13-15(3)8-9-16-10-11-20-18-7-5-4-6-17(16)18/h4-7,10-11,14-15,19H,8-9,12-13H2,1-3H3. The lowest BCUT2D eigenvalue weighted by Gasteiger charge is -2.14. The van der Waals surface area contributed by atoms with Gasteiger partial charge in [-0.3, -0.25) is 4.98 Å². The summed E-state index contributed by atoms with van der Waals surface area (Å²) in [5.74, 6) is 1.44. The molecule has 108 valence electrons. The first-order valence-electron chi connectivity index (χ1n) is 7.70. The maximum Gasteiger partial charge on any atom is 0.0704 e. The summed E-state index contributed by atoms with van der Waals surface area (Å²) in [6.45, 7) is 9.06. The van der Waals surface area contributed by atoms with Gasteiger partial charge in [0.05, 0.1) is 5.52 Å². The first kappa shape index (κ1) is 15.0. The van der Waals surface area contributed by atoms with Crippen LogP contribution in [0.3, 0.4) is 0 Å². The third kappa shape index (κ3) is 4.31. The van der Waals surface area contributed by atoms with E-state index in [0.29, 0.717) is 5.92 Å². The number of hydrogen-bond acceptors (Lipinski definition) is 2.